The summed E-state index contributed by atoms with van der Waals surface area (Å²) in [6.07, 6.45) is 6.96. The molecule has 3 heteroatoms. The number of phenolic OH excluding ortho intramolecular Hbond substituents is 1. The quantitative estimate of drug-likeness (QED) is 0.447. The van der Waals surface area contributed by atoms with Crippen LogP contribution in [0.2, 0.25) is 18.1 Å². The third kappa shape index (κ3) is 5.42. The van der Waals surface area contributed by atoms with Crippen molar-refractivity contribution in [3.8, 4) is 5.75 Å². The lowest BCUT2D eigenvalue weighted by molar-refractivity contribution is 0.398. The van der Waals surface area contributed by atoms with Crippen molar-refractivity contribution in [3.05, 3.63) is 53.8 Å². The molecule has 2 nitrogen and oxygen atoms in total. The van der Waals surface area contributed by atoms with Gasteiger partial charge in [0.2, 0.25) is 8.32 Å². The van der Waals surface area contributed by atoms with Gasteiger partial charge in [0.05, 0.1) is 5.76 Å². The van der Waals surface area contributed by atoms with Crippen LogP contribution in [0, 0.1) is 0 Å². The molecule has 0 fully saturated rings. The molecule has 1 aromatic rings. The van der Waals surface area contributed by atoms with Crippen molar-refractivity contribution in [2.24, 2.45) is 0 Å². The normalized spacial score (nSPS) is 13.7. The van der Waals surface area contributed by atoms with E-state index < -0.39 is 8.32 Å². The Balaban J connectivity index is 2.86. The SMILES string of the molecule is C/C=C/C(=C/Cc1ccc(O)cc1)O[Si](C)(C)C(C)(C)C. The second-order valence-electron chi connectivity index (χ2n) is 6.84. The van der Waals surface area contributed by atoms with E-state index in [-0.39, 0.29) is 5.04 Å². The van der Waals surface area contributed by atoms with E-state index in [4.69, 9.17) is 4.43 Å². The summed E-state index contributed by atoms with van der Waals surface area (Å²) in [7, 11) is -1.81. The third-order valence-electron chi connectivity index (χ3n) is 3.99. The topological polar surface area (TPSA) is 29.5 Å². The van der Waals surface area contributed by atoms with Crippen molar-refractivity contribution in [2.45, 2.75) is 52.2 Å². The monoisotopic (exact) mass is 304 g/mol. The van der Waals surface area contributed by atoms with Crippen LogP contribution in [0.25, 0.3) is 0 Å². The number of aromatic hydroxyl groups is 1. The molecule has 0 saturated carbocycles. The van der Waals surface area contributed by atoms with Crippen LogP contribution in [0.15, 0.2) is 48.3 Å². The first kappa shape index (κ1) is 17.6. The molecule has 0 heterocycles. The minimum atomic E-state index is -1.81. The molecule has 0 unspecified atom stereocenters. The molecule has 1 N–H and O–H groups in total. The van der Waals surface area contributed by atoms with E-state index in [1.807, 2.05) is 31.2 Å². The number of rotatable bonds is 5. The fourth-order valence-electron chi connectivity index (χ4n) is 1.61. The standard InChI is InChI=1S/C18H28O2Si/c1-7-8-17(20-21(5,6)18(2,3)4)14-11-15-9-12-16(19)13-10-15/h7-10,12-14,19H,11H2,1-6H3/b8-7+,17-14-. The van der Waals surface area contributed by atoms with Crippen LogP contribution >= 0.6 is 0 Å². The van der Waals surface area contributed by atoms with Gasteiger partial charge in [-0.1, -0.05) is 39.0 Å². The first-order valence-corrected chi connectivity index (χ1v) is 10.4. The van der Waals surface area contributed by atoms with Crippen LogP contribution in [-0.4, -0.2) is 13.4 Å². The van der Waals surface area contributed by atoms with Gasteiger partial charge in [0.15, 0.2) is 0 Å². The van der Waals surface area contributed by atoms with Crippen molar-refractivity contribution >= 4 is 8.32 Å². The van der Waals surface area contributed by atoms with Crippen molar-refractivity contribution in [2.75, 3.05) is 0 Å². The number of benzene rings is 1. The van der Waals surface area contributed by atoms with Gasteiger partial charge in [0.1, 0.15) is 5.75 Å². The second kappa shape index (κ2) is 6.99. The van der Waals surface area contributed by atoms with E-state index in [9.17, 15) is 5.11 Å². The van der Waals surface area contributed by atoms with Crippen LogP contribution < -0.4 is 0 Å². The van der Waals surface area contributed by atoms with Crippen LogP contribution in [-0.2, 0) is 10.8 Å². The summed E-state index contributed by atoms with van der Waals surface area (Å²) in [5.74, 6) is 1.24. The number of hydrogen-bond donors (Lipinski definition) is 1. The van der Waals surface area contributed by atoms with Gasteiger partial charge in [-0.3, -0.25) is 0 Å². The lowest BCUT2D eigenvalue weighted by Gasteiger charge is -2.36. The molecular weight excluding hydrogens is 276 g/mol. The number of phenols is 1. The van der Waals surface area contributed by atoms with Gasteiger partial charge >= 0.3 is 0 Å². The summed E-state index contributed by atoms with van der Waals surface area (Å²) in [5, 5.41) is 9.50. The molecule has 0 aliphatic rings. The zero-order valence-electron chi connectivity index (χ0n) is 14.1. The Bertz CT molecular complexity index is 505. The van der Waals surface area contributed by atoms with Gasteiger partial charge < -0.3 is 9.53 Å². The minimum Gasteiger partial charge on any atom is -0.544 e. The van der Waals surface area contributed by atoms with E-state index in [0.29, 0.717) is 5.75 Å². The fourth-order valence-corrected chi connectivity index (χ4v) is 2.65. The average Bonchev–Trinajstić information content (AvgIpc) is 2.36. The van der Waals surface area contributed by atoms with E-state index in [2.05, 4.69) is 39.9 Å². The first-order valence-electron chi connectivity index (χ1n) is 7.45. The molecule has 116 valence electrons. The smallest absolute Gasteiger partial charge is 0.250 e. The molecule has 0 atom stereocenters. The van der Waals surface area contributed by atoms with E-state index >= 15 is 0 Å². The molecule has 1 aromatic carbocycles. The molecule has 0 spiro atoms. The maximum atomic E-state index is 9.31. The van der Waals surface area contributed by atoms with Crippen molar-refractivity contribution in [1.82, 2.24) is 0 Å². The largest absolute Gasteiger partial charge is 0.544 e. The van der Waals surface area contributed by atoms with Crippen molar-refractivity contribution in [1.29, 1.82) is 0 Å². The summed E-state index contributed by atoms with van der Waals surface area (Å²) in [6.45, 7) is 13.2. The lowest BCUT2D eigenvalue weighted by Crippen LogP contribution is -2.40. The Hall–Kier alpha value is -1.48. The molecule has 21 heavy (non-hydrogen) atoms. The first-order chi connectivity index (χ1) is 9.65. The highest BCUT2D eigenvalue weighted by molar-refractivity contribution is 6.74. The third-order valence-corrected chi connectivity index (χ3v) is 8.34. The maximum Gasteiger partial charge on any atom is 0.250 e. The summed E-state index contributed by atoms with van der Waals surface area (Å²) in [6, 6.07) is 7.30. The molecule has 0 amide bonds. The maximum absolute atomic E-state index is 9.31. The van der Waals surface area contributed by atoms with Crippen LogP contribution in [0.5, 0.6) is 5.75 Å². The molecular formula is C18H28O2Si. The zero-order chi connectivity index (χ0) is 16.1. The number of allylic oxidation sites excluding steroid dienone is 3. The zero-order valence-corrected chi connectivity index (χ0v) is 15.1. The average molecular weight is 305 g/mol. The Labute approximate surface area is 130 Å². The summed E-state index contributed by atoms with van der Waals surface area (Å²) in [5.41, 5.74) is 1.16. The molecule has 0 aliphatic heterocycles. The van der Waals surface area contributed by atoms with Gasteiger partial charge in [0.25, 0.3) is 0 Å². The van der Waals surface area contributed by atoms with E-state index in [0.717, 1.165) is 17.7 Å². The summed E-state index contributed by atoms with van der Waals surface area (Å²) < 4.78 is 6.35. The molecule has 0 radical (unpaired) electrons. The van der Waals surface area contributed by atoms with Crippen LogP contribution in [0.4, 0.5) is 0 Å². The molecule has 1 rings (SSSR count). The highest BCUT2D eigenvalue weighted by Crippen LogP contribution is 2.38. The Morgan fingerprint density at radius 3 is 2.24 bits per heavy atom. The van der Waals surface area contributed by atoms with Gasteiger partial charge in [-0.2, -0.15) is 0 Å². The fraction of sp³-hybridized carbons (Fsp3) is 0.444. The highest BCUT2D eigenvalue weighted by Gasteiger charge is 2.39. The van der Waals surface area contributed by atoms with Gasteiger partial charge in [-0.15, -0.1) is 0 Å². The minimum absolute atomic E-state index is 0.187. The Morgan fingerprint density at radius 2 is 1.76 bits per heavy atom. The molecule has 0 saturated heterocycles. The molecule has 0 aliphatic carbocycles. The molecule has 0 aromatic heterocycles. The van der Waals surface area contributed by atoms with Crippen LogP contribution in [0.1, 0.15) is 33.3 Å². The predicted molar refractivity (Wildman–Crippen MR) is 93.0 cm³/mol. The van der Waals surface area contributed by atoms with E-state index in [1.54, 1.807) is 12.1 Å². The summed E-state index contributed by atoms with van der Waals surface area (Å²) >= 11 is 0. The number of hydrogen-bond acceptors (Lipinski definition) is 2. The van der Waals surface area contributed by atoms with Crippen molar-refractivity contribution < 1.29 is 9.53 Å². The van der Waals surface area contributed by atoms with Gasteiger partial charge in [-0.25, -0.2) is 0 Å². The predicted octanol–water partition coefficient (Wildman–Crippen LogP) is 5.42. The van der Waals surface area contributed by atoms with Crippen molar-refractivity contribution in [3.63, 3.8) is 0 Å². The Morgan fingerprint density at radius 1 is 1.19 bits per heavy atom. The highest BCUT2D eigenvalue weighted by atomic mass is 28.4. The lowest BCUT2D eigenvalue weighted by atomic mass is 10.1. The van der Waals surface area contributed by atoms with Gasteiger partial charge in [0, 0.05) is 0 Å². The van der Waals surface area contributed by atoms with Gasteiger partial charge in [-0.05, 0) is 61.3 Å². The van der Waals surface area contributed by atoms with Crippen LogP contribution in [0.3, 0.4) is 0 Å². The Kier molecular flexibility index (Phi) is 5.84. The molecule has 0 bridgehead atoms. The van der Waals surface area contributed by atoms with E-state index in [1.165, 1.54) is 0 Å². The summed E-state index contributed by atoms with van der Waals surface area (Å²) in [4.78, 5) is 0. The second-order valence-corrected chi connectivity index (χ2v) is 11.6.